The van der Waals surface area contributed by atoms with Crippen LogP contribution in [0.2, 0.25) is 0 Å². The standard InChI is InChI=1S/C12H15BrClNO4S/c13-11-10(20(14,17)18)8-9(19-11)12(16)15-6-4-2-1-3-5-7-15/h8H,1-7H2. The molecule has 0 radical (unpaired) electrons. The van der Waals surface area contributed by atoms with Crippen LogP contribution in [0.15, 0.2) is 20.0 Å². The Morgan fingerprint density at radius 1 is 1.20 bits per heavy atom. The molecule has 1 aromatic rings. The van der Waals surface area contributed by atoms with Crippen molar-refractivity contribution in [3.8, 4) is 0 Å². The Balaban J connectivity index is 2.20. The number of nitrogens with zero attached hydrogens (tertiary/aromatic N) is 1. The van der Waals surface area contributed by atoms with E-state index >= 15 is 0 Å². The van der Waals surface area contributed by atoms with E-state index in [0.29, 0.717) is 13.1 Å². The van der Waals surface area contributed by atoms with Gasteiger partial charge in [-0.1, -0.05) is 19.3 Å². The number of hydrogen-bond acceptors (Lipinski definition) is 4. The van der Waals surface area contributed by atoms with Crippen LogP contribution in [0.1, 0.15) is 42.7 Å². The largest absolute Gasteiger partial charge is 0.443 e. The van der Waals surface area contributed by atoms with Gasteiger partial charge in [-0.15, -0.1) is 0 Å². The lowest BCUT2D eigenvalue weighted by Crippen LogP contribution is -2.33. The van der Waals surface area contributed by atoms with Gasteiger partial charge in [0.05, 0.1) is 0 Å². The van der Waals surface area contributed by atoms with Gasteiger partial charge in [-0.2, -0.15) is 0 Å². The lowest BCUT2D eigenvalue weighted by Gasteiger charge is -2.23. The fraction of sp³-hybridized carbons (Fsp3) is 0.583. The van der Waals surface area contributed by atoms with Crippen molar-refractivity contribution in [2.45, 2.75) is 37.0 Å². The van der Waals surface area contributed by atoms with E-state index in [1.165, 1.54) is 12.5 Å². The Morgan fingerprint density at radius 3 is 2.25 bits per heavy atom. The van der Waals surface area contributed by atoms with E-state index in [1.54, 1.807) is 4.90 Å². The second-order valence-electron chi connectivity index (χ2n) is 4.75. The second kappa shape index (κ2) is 6.49. The second-order valence-corrected chi connectivity index (χ2v) is 8.00. The first-order valence-corrected chi connectivity index (χ1v) is 9.53. The van der Waals surface area contributed by atoms with E-state index in [9.17, 15) is 13.2 Å². The minimum Gasteiger partial charge on any atom is -0.443 e. The summed E-state index contributed by atoms with van der Waals surface area (Å²) in [6.45, 7) is 1.33. The summed E-state index contributed by atoms with van der Waals surface area (Å²) in [6, 6.07) is 1.17. The molecule has 0 saturated carbocycles. The minimum atomic E-state index is -3.93. The molecular weight excluding hydrogens is 370 g/mol. The van der Waals surface area contributed by atoms with Gasteiger partial charge in [-0.05, 0) is 28.8 Å². The van der Waals surface area contributed by atoms with Gasteiger partial charge in [0.2, 0.25) is 0 Å². The third-order valence-electron chi connectivity index (χ3n) is 3.27. The molecule has 2 heterocycles. The third-order valence-corrected chi connectivity index (χ3v) is 5.45. The Morgan fingerprint density at radius 2 is 1.75 bits per heavy atom. The molecule has 1 amide bonds. The molecule has 0 bridgehead atoms. The number of likely N-dealkylation sites (tertiary alicyclic amines) is 1. The summed E-state index contributed by atoms with van der Waals surface area (Å²) >= 11 is 2.97. The zero-order valence-corrected chi connectivity index (χ0v) is 13.9. The van der Waals surface area contributed by atoms with E-state index in [4.69, 9.17) is 15.1 Å². The Bertz CT molecular complexity index is 591. The van der Waals surface area contributed by atoms with Gasteiger partial charge in [-0.25, -0.2) is 8.42 Å². The SMILES string of the molecule is O=C(c1cc(S(=O)(=O)Cl)c(Br)o1)N1CCCCCCC1. The molecule has 1 aromatic heterocycles. The number of hydrogen-bond donors (Lipinski definition) is 0. The molecule has 0 aromatic carbocycles. The van der Waals surface area contributed by atoms with Gasteiger partial charge in [0, 0.05) is 29.8 Å². The highest BCUT2D eigenvalue weighted by molar-refractivity contribution is 9.10. The van der Waals surface area contributed by atoms with Crippen molar-refractivity contribution in [2.24, 2.45) is 0 Å². The number of amides is 1. The first-order valence-electron chi connectivity index (χ1n) is 6.43. The van der Waals surface area contributed by atoms with Crippen LogP contribution < -0.4 is 0 Å². The fourth-order valence-electron chi connectivity index (χ4n) is 2.23. The predicted molar refractivity (Wildman–Crippen MR) is 78.4 cm³/mol. The van der Waals surface area contributed by atoms with Gasteiger partial charge in [0.1, 0.15) is 4.90 Å². The summed E-state index contributed by atoms with van der Waals surface area (Å²) < 4.78 is 27.8. The van der Waals surface area contributed by atoms with E-state index in [1.807, 2.05) is 0 Å². The molecule has 0 N–H and O–H groups in total. The summed E-state index contributed by atoms with van der Waals surface area (Å²) in [6.07, 6.45) is 5.31. The average Bonchev–Trinajstić information content (AvgIpc) is 2.70. The third kappa shape index (κ3) is 3.77. The van der Waals surface area contributed by atoms with Crippen molar-refractivity contribution < 1.29 is 17.6 Å². The highest BCUT2D eigenvalue weighted by atomic mass is 79.9. The van der Waals surface area contributed by atoms with Crippen LogP contribution in [0.5, 0.6) is 0 Å². The molecular formula is C12H15BrClNO4S. The molecule has 1 fully saturated rings. The maximum absolute atomic E-state index is 12.3. The lowest BCUT2D eigenvalue weighted by molar-refractivity contribution is 0.0709. The number of furan rings is 1. The topological polar surface area (TPSA) is 67.6 Å². The molecule has 1 aliphatic heterocycles. The van der Waals surface area contributed by atoms with Crippen molar-refractivity contribution >= 4 is 41.6 Å². The van der Waals surface area contributed by atoms with Crippen LogP contribution in [0.3, 0.4) is 0 Å². The number of rotatable bonds is 2. The number of carbonyl (C=O) groups is 1. The van der Waals surface area contributed by atoms with Crippen LogP contribution >= 0.6 is 26.6 Å². The monoisotopic (exact) mass is 383 g/mol. The Labute approximate surface area is 130 Å². The first kappa shape index (κ1) is 15.9. The highest BCUT2D eigenvalue weighted by Crippen LogP contribution is 2.29. The summed E-state index contributed by atoms with van der Waals surface area (Å²) in [5.74, 6) is -0.296. The first-order chi connectivity index (χ1) is 9.39. The van der Waals surface area contributed by atoms with Crippen LogP contribution in [0.4, 0.5) is 0 Å². The van der Waals surface area contributed by atoms with Gasteiger partial charge in [-0.3, -0.25) is 4.79 Å². The number of carbonyl (C=O) groups excluding carboxylic acids is 1. The molecule has 112 valence electrons. The zero-order chi connectivity index (χ0) is 14.8. The summed E-state index contributed by atoms with van der Waals surface area (Å²) in [4.78, 5) is 13.8. The Hall–Kier alpha value is -0.530. The van der Waals surface area contributed by atoms with Crippen LogP contribution in [-0.4, -0.2) is 32.3 Å². The molecule has 5 nitrogen and oxygen atoms in total. The maximum Gasteiger partial charge on any atom is 0.289 e. The van der Waals surface area contributed by atoms with Crippen molar-refractivity contribution in [3.05, 3.63) is 16.5 Å². The highest BCUT2D eigenvalue weighted by Gasteiger charge is 2.26. The molecule has 1 saturated heterocycles. The number of halogens is 2. The van der Waals surface area contributed by atoms with Gasteiger partial charge < -0.3 is 9.32 Å². The van der Waals surface area contributed by atoms with E-state index in [-0.39, 0.29) is 21.2 Å². The maximum atomic E-state index is 12.3. The van der Waals surface area contributed by atoms with Crippen LogP contribution in [0.25, 0.3) is 0 Å². The van der Waals surface area contributed by atoms with E-state index < -0.39 is 9.05 Å². The van der Waals surface area contributed by atoms with Crippen LogP contribution in [0, 0.1) is 0 Å². The van der Waals surface area contributed by atoms with E-state index in [0.717, 1.165) is 25.7 Å². The predicted octanol–water partition coefficient (Wildman–Crippen LogP) is 3.38. The van der Waals surface area contributed by atoms with Gasteiger partial charge in [0.15, 0.2) is 10.4 Å². The van der Waals surface area contributed by atoms with Crippen LogP contribution in [-0.2, 0) is 9.05 Å². The quantitative estimate of drug-likeness (QED) is 0.733. The Kier molecular flexibility index (Phi) is 5.14. The minimum absolute atomic E-state index is 0.00308. The molecule has 8 heteroatoms. The molecule has 2 rings (SSSR count). The molecule has 0 unspecified atom stereocenters. The normalized spacial score (nSPS) is 17.6. The van der Waals surface area contributed by atoms with Crippen molar-refractivity contribution in [2.75, 3.05) is 13.1 Å². The van der Waals surface area contributed by atoms with Crippen molar-refractivity contribution in [1.82, 2.24) is 4.90 Å². The van der Waals surface area contributed by atoms with Crippen molar-refractivity contribution in [1.29, 1.82) is 0 Å². The lowest BCUT2D eigenvalue weighted by atomic mass is 10.1. The van der Waals surface area contributed by atoms with Crippen molar-refractivity contribution in [3.63, 3.8) is 0 Å². The summed E-state index contributed by atoms with van der Waals surface area (Å²) in [7, 11) is 1.34. The molecule has 20 heavy (non-hydrogen) atoms. The zero-order valence-electron chi connectivity index (χ0n) is 10.8. The molecule has 0 aliphatic carbocycles. The fourth-order valence-corrected chi connectivity index (χ4v) is 4.26. The smallest absolute Gasteiger partial charge is 0.289 e. The molecule has 0 atom stereocenters. The average molecular weight is 385 g/mol. The van der Waals surface area contributed by atoms with E-state index in [2.05, 4.69) is 15.9 Å². The molecule has 1 aliphatic rings. The van der Waals surface area contributed by atoms with Gasteiger partial charge >= 0.3 is 0 Å². The summed E-state index contributed by atoms with van der Waals surface area (Å²) in [5.41, 5.74) is 0. The molecule has 0 spiro atoms. The summed E-state index contributed by atoms with van der Waals surface area (Å²) in [5, 5.41) is 0. The van der Waals surface area contributed by atoms with Gasteiger partial charge in [0.25, 0.3) is 15.0 Å².